The second-order valence-corrected chi connectivity index (χ2v) is 4.02. The summed E-state index contributed by atoms with van der Waals surface area (Å²) in [7, 11) is 0. The summed E-state index contributed by atoms with van der Waals surface area (Å²) in [5.74, 6) is 0. The van der Waals surface area contributed by atoms with Crippen LogP contribution < -0.4 is 21.3 Å². The van der Waals surface area contributed by atoms with Gasteiger partial charge in [-0.25, -0.2) is 8.78 Å². The lowest BCUT2D eigenvalue weighted by atomic mass is 10.3. The molecule has 18 heavy (non-hydrogen) atoms. The molecule has 0 spiro atoms. The summed E-state index contributed by atoms with van der Waals surface area (Å²) in [6, 6.07) is 0.118. The molecule has 0 aromatic rings. The van der Waals surface area contributed by atoms with Crippen LogP contribution in [0.15, 0.2) is 0 Å². The fourth-order valence-electron chi connectivity index (χ4n) is 1.64. The molecule has 4 N–H and O–H groups in total. The average Bonchev–Trinajstić information content (AvgIpc) is 2.41. The van der Waals surface area contributed by atoms with E-state index >= 15 is 0 Å². The van der Waals surface area contributed by atoms with E-state index in [2.05, 4.69) is 21.3 Å². The van der Waals surface area contributed by atoms with E-state index in [1.807, 2.05) is 0 Å². The summed E-state index contributed by atoms with van der Waals surface area (Å²) in [5.41, 5.74) is 0. The molecule has 2 rings (SSSR count). The van der Waals surface area contributed by atoms with Crippen LogP contribution in [-0.4, -0.2) is 64.7 Å². The Hall–Kier alpha value is 0.280. The van der Waals surface area contributed by atoms with Crippen LogP contribution in [-0.2, 0) is 0 Å². The van der Waals surface area contributed by atoms with Gasteiger partial charge < -0.3 is 21.3 Å². The Morgan fingerprint density at radius 1 is 0.722 bits per heavy atom. The fraction of sp³-hybridized carbons (Fsp3) is 1.00. The SMILES string of the molecule is Cl.Cl.FCC1CNCCN1.FCC1CNCCN1. The predicted molar refractivity (Wildman–Crippen MR) is 75.8 cm³/mol. The molecular formula is C10H24Cl2F2N4. The maximum absolute atomic E-state index is 11.8. The Bertz CT molecular complexity index is 150. The average molecular weight is 309 g/mol. The zero-order valence-corrected chi connectivity index (χ0v) is 12.0. The Balaban J connectivity index is 0. The van der Waals surface area contributed by atoms with Gasteiger partial charge in [-0.15, -0.1) is 24.8 Å². The molecule has 0 aromatic heterocycles. The number of hydrogen-bond donors (Lipinski definition) is 4. The molecule has 4 nitrogen and oxygen atoms in total. The molecule has 2 unspecified atom stereocenters. The quantitative estimate of drug-likeness (QED) is 0.574. The van der Waals surface area contributed by atoms with E-state index in [0.717, 1.165) is 39.3 Å². The van der Waals surface area contributed by atoms with Crippen molar-refractivity contribution in [2.45, 2.75) is 12.1 Å². The highest BCUT2D eigenvalue weighted by atomic mass is 35.5. The van der Waals surface area contributed by atoms with Crippen molar-refractivity contribution in [1.82, 2.24) is 21.3 Å². The maximum Gasteiger partial charge on any atom is 0.106 e. The van der Waals surface area contributed by atoms with Crippen LogP contribution in [0, 0.1) is 0 Å². The van der Waals surface area contributed by atoms with E-state index in [-0.39, 0.29) is 50.2 Å². The Morgan fingerprint density at radius 2 is 1.11 bits per heavy atom. The Kier molecular flexibility index (Phi) is 15.7. The van der Waals surface area contributed by atoms with Gasteiger partial charge in [-0.3, -0.25) is 0 Å². The summed E-state index contributed by atoms with van der Waals surface area (Å²) < 4.78 is 23.6. The maximum atomic E-state index is 11.8. The first-order valence-corrected chi connectivity index (χ1v) is 5.87. The summed E-state index contributed by atoms with van der Waals surface area (Å²) in [6.45, 7) is 4.77. The number of alkyl halides is 2. The van der Waals surface area contributed by atoms with Crippen molar-refractivity contribution >= 4 is 24.8 Å². The molecule has 0 radical (unpaired) electrons. The first kappa shape index (κ1) is 20.6. The van der Waals surface area contributed by atoms with Crippen molar-refractivity contribution in [2.75, 3.05) is 52.6 Å². The van der Waals surface area contributed by atoms with Gasteiger partial charge in [-0.05, 0) is 0 Å². The molecule has 0 amide bonds. The number of rotatable bonds is 2. The zero-order valence-electron chi connectivity index (χ0n) is 10.4. The molecule has 0 bridgehead atoms. The molecule has 112 valence electrons. The van der Waals surface area contributed by atoms with Gasteiger partial charge in [0, 0.05) is 51.4 Å². The van der Waals surface area contributed by atoms with Gasteiger partial charge >= 0.3 is 0 Å². The molecule has 2 fully saturated rings. The van der Waals surface area contributed by atoms with Crippen molar-refractivity contribution in [3.63, 3.8) is 0 Å². The van der Waals surface area contributed by atoms with Gasteiger partial charge in [0.1, 0.15) is 13.3 Å². The number of piperazine rings is 2. The molecule has 2 atom stereocenters. The van der Waals surface area contributed by atoms with Crippen molar-refractivity contribution in [3.05, 3.63) is 0 Å². The van der Waals surface area contributed by atoms with E-state index in [9.17, 15) is 8.78 Å². The van der Waals surface area contributed by atoms with E-state index in [1.54, 1.807) is 0 Å². The van der Waals surface area contributed by atoms with E-state index < -0.39 is 0 Å². The minimum Gasteiger partial charge on any atom is -0.314 e. The third-order valence-corrected chi connectivity index (χ3v) is 2.62. The van der Waals surface area contributed by atoms with E-state index in [0.29, 0.717) is 0 Å². The predicted octanol–water partition coefficient (Wildman–Crippen LogP) is -0.122. The smallest absolute Gasteiger partial charge is 0.106 e. The van der Waals surface area contributed by atoms with Gasteiger partial charge in [0.15, 0.2) is 0 Å². The molecule has 0 saturated carbocycles. The van der Waals surface area contributed by atoms with Crippen molar-refractivity contribution < 1.29 is 8.78 Å². The zero-order chi connectivity index (χ0) is 11.6. The third-order valence-electron chi connectivity index (χ3n) is 2.62. The van der Waals surface area contributed by atoms with Gasteiger partial charge in [0.2, 0.25) is 0 Å². The first-order chi connectivity index (χ1) is 7.86. The minimum atomic E-state index is -0.257. The second-order valence-electron chi connectivity index (χ2n) is 4.02. The summed E-state index contributed by atoms with van der Waals surface area (Å²) in [6.07, 6.45) is 0. The summed E-state index contributed by atoms with van der Waals surface area (Å²) in [4.78, 5) is 0. The monoisotopic (exact) mass is 308 g/mol. The highest BCUT2D eigenvalue weighted by molar-refractivity contribution is 5.85. The Morgan fingerprint density at radius 3 is 1.28 bits per heavy atom. The van der Waals surface area contributed by atoms with E-state index in [4.69, 9.17) is 0 Å². The second kappa shape index (κ2) is 13.7. The lowest BCUT2D eigenvalue weighted by molar-refractivity contribution is 0.333. The van der Waals surface area contributed by atoms with Crippen molar-refractivity contribution in [2.24, 2.45) is 0 Å². The summed E-state index contributed by atoms with van der Waals surface area (Å²) in [5, 5.41) is 12.2. The molecule has 2 aliphatic rings. The standard InChI is InChI=1S/2C5H11FN2.2ClH/c2*6-3-5-4-7-1-2-8-5;;/h2*5,7-8H,1-4H2;2*1H. The first-order valence-electron chi connectivity index (χ1n) is 5.87. The van der Waals surface area contributed by atoms with Crippen molar-refractivity contribution in [1.29, 1.82) is 0 Å². The molecule has 2 aliphatic heterocycles. The van der Waals surface area contributed by atoms with Gasteiger partial charge in [-0.2, -0.15) is 0 Å². The molecular weight excluding hydrogens is 285 g/mol. The lowest BCUT2D eigenvalue weighted by Crippen LogP contribution is -2.49. The topological polar surface area (TPSA) is 48.1 Å². The molecule has 2 saturated heterocycles. The van der Waals surface area contributed by atoms with Crippen LogP contribution in [0.3, 0.4) is 0 Å². The van der Waals surface area contributed by atoms with E-state index in [1.165, 1.54) is 0 Å². The normalized spacial score (nSPS) is 27.0. The van der Waals surface area contributed by atoms with Crippen LogP contribution in [0.25, 0.3) is 0 Å². The van der Waals surface area contributed by atoms with Crippen LogP contribution in [0.1, 0.15) is 0 Å². The van der Waals surface area contributed by atoms with Gasteiger partial charge in [0.05, 0.1) is 0 Å². The number of halogens is 4. The highest BCUT2D eigenvalue weighted by Gasteiger charge is 2.10. The summed E-state index contributed by atoms with van der Waals surface area (Å²) >= 11 is 0. The van der Waals surface area contributed by atoms with Crippen molar-refractivity contribution in [3.8, 4) is 0 Å². The van der Waals surface area contributed by atoms with Crippen LogP contribution in [0.2, 0.25) is 0 Å². The number of nitrogens with one attached hydrogen (secondary N) is 4. The van der Waals surface area contributed by atoms with Gasteiger partial charge in [0.25, 0.3) is 0 Å². The minimum absolute atomic E-state index is 0. The molecule has 0 aromatic carbocycles. The van der Waals surface area contributed by atoms with Gasteiger partial charge in [-0.1, -0.05) is 0 Å². The van der Waals surface area contributed by atoms with Crippen LogP contribution in [0.4, 0.5) is 8.78 Å². The number of hydrogen-bond acceptors (Lipinski definition) is 4. The molecule has 2 heterocycles. The van der Waals surface area contributed by atoms with Crippen LogP contribution in [0.5, 0.6) is 0 Å². The lowest BCUT2D eigenvalue weighted by Gasteiger charge is -2.21. The Labute approximate surface area is 120 Å². The van der Waals surface area contributed by atoms with Crippen LogP contribution >= 0.6 is 24.8 Å². The third kappa shape index (κ3) is 9.24. The fourth-order valence-corrected chi connectivity index (χ4v) is 1.64. The highest BCUT2D eigenvalue weighted by Crippen LogP contribution is 1.86. The largest absolute Gasteiger partial charge is 0.314 e. The molecule has 8 heteroatoms. The molecule has 0 aliphatic carbocycles.